The second-order valence-electron chi connectivity index (χ2n) is 16.5. The molecule has 2 heteroatoms. The van der Waals surface area contributed by atoms with E-state index in [1.165, 1.54) is 91.3 Å². The van der Waals surface area contributed by atoms with Gasteiger partial charge in [-0.3, -0.25) is 0 Å². The third-order valence-corrected chi connectivity index (χ3v) is 15.1. The van der Waals surface area contributed by atoms with Crippen molar-refractivity contribution in [2.24, 2.45) is 23.7 Å². The summed E-state index contributed by atoms with van der Waals surface area (Å²) in [7, 11) is 0. The van der Waals surface area contributed by atoms with Crippen LogP contribution in [-0.2, 0) is 5.41 Å². The normalized spacial score (nSPS) is 23.3. The second kappa shape index (κ2) is 11.8. The highest BCUT2D eigenvalue weighted by molar-refractivity contribution is 7.26. The van der Waals surface area contributed by atoms with Crippen molar-refractivity contribution in [2.45, 2.75) is 37.5 Å². The molecule has 1 aromatic heterocycles. The Hall–Kier alpha value is -5.44. The number of nitrogens with zero attached hydrogens (tertiary/aromatic N) is 1. The molecule has 0 unspecified atom stereocenters. The highest BCUT2D eigenvalue weighted by Crippen LogP contribution is 2.69. The number of thiophene rings is 1. The standard InChI is InChI=1S/C52H41NS/c1-2-9-35(10-3-1)36-17-22-41(23-18-36)53(49-15-8-13-45-44-12-5-7-16-50(44)54-51(45)49)42-24-19-37(20-25-42)38-21-26-48-46(32-38)43-11-4-6-14-47(43)52(48)39-28-33-27-34(30-39)31-40(52)29-33/h1-26,32-34,39-40H,27-31H2. The average Bonchev–Trinajstić information content (AvgIpc) is 3.75. The van der Waals surface area contributed by atoms with Gasteiger partial charge in [0.2, 0.25) is 0 Å². The molecule has 4 saturated carbocycles. The van der Waals surface area contributed by atoms with Crippen molar-refractivity contribution in [2.75, 3.05) is 4.90 Å². The van der Waals surface area contributed by atoms with Gasteiger partial charge in [-0.2, -0.15) is 0 Å². The van der Waals surface area contributed by atoms with Crippen molar-refractivity contribution in [3.8, 4) is 33.4 Å². The Labute approximate surface area is 321 Å². The highest BCUT2D eigenvalue weighted by Gasteiger charge is 2.61. The molecule has 0 atom stereocenters. The van der Waals surface area contributed by atoms with Crippen LogP contribution in [0, 0.1) is 23.7 Å². The average molecular weight is 712 g/mol. The zero-order chi connectivity index (χ0) is 35.4. The molecule has 0 N–H and O–H groups in total. The molecule has 13 rings (SSSR count). The van der Waals surface area contributed by atoms with Gasteiger partial charge in [-0.1, -0.05) is 121 Å². The number of anilines is 3. The van der Waals surface area contributed by atoms with Crippen LogP contribution in [0.1, 0.15) is 43.2 Å². The van der Waals surface area contributed by atoms with Crippen molar-refractivity contribution in [3.63, 3.8) is 0 Å². The van der Waals surface area contributed by atoms with Gasteiger partial charge >= 0.3 is 0 Å². The first-order valence-electron chi connectivity index (χ1n) is 19.9. The molecule has 1 nitrogen and oxygen atoms in total. The molecule has 0 saturated heterocycles. The Morgan fingerprint density at radius 3 is 1.76 bits per heavy atom. The van der Waals surface area contributed by atoms with Crippen LogP contribution >= 0.6 is 11.3 Å². The molecule has 4 fully saturated rings. The molecule has 54 heavy (non-hydrogen) atoms. The number of fused-ring (bicyclic) bond motifs is 6. The van der Waals surface area contributed by atoms with Gasteiger partial charge in [-0.05, 0) is 143 Å². The van der Waals surface area contributed by atoms with E-state index >= 15 is 0 Å². The Morgan fingerprint density at radius 2 is 1.02 bits per heavy atom. The van der Waals surface area contributed by atoms with Crippen molar-refractivity contribution >= 4 is 48.6 Å². The summed E-state index contributed by atoms with van der Waals surface area (Å²) in [6.07, 6.45) is 7.17. The van der Waals surface area contributed by atoms with Crippen molar-refractivity contribution in [1.29, 1.82) is 0 Å². The Balaban J connectivity index is 0.960. The summed E-state index contributed by atoms with van der Waals surface area (Å²) >= 11 is 1.89. The van der Waals surface area contributed by atoms with Crippen molar-refractivity contribution < 1.29 is 0 Å². The zero-order valence-corrected chi connectivity index (χ0v) is 31.1. The summed E-state index contributed by atoms with van der Waals surface area (Å²) < 4.78 is 2.63. The minimum atomic E-state index is 0.214. The van der Waals surface area contributed by atoms with Crippen molar-refractivity contribution in [3.05, 3.63) is 175 Å². The lowest BCUT2D eigenvalue weighted by Gasteiger charge is -2.61. The van der Waals surface area contributed by atoms with Crippen LogP contribution in [0.4, 0.5) is 17.1 Å². The predicted molar refractivity (Wildman–Crippen MR) is 228 cm³/mol. The van der Waals surface area contributed by atoms with Crippen LogP contribution in [0.25, 0.3) is 53.6 Å². The summed E-state index contributed by atoms with van der Waals surface area (Å²) in [4.78, 5) is 2.45. The van der Waals surface area contributed by atoms with E-state index in [-0.39, 0.29) is 5.41 Å². The van der Waals surface area contributed by atoms with E-state index in [2.05, 4.69) is 169 Å². The number of hydrogen-bond donors (Lipinski definition) is 0. The van der Waals surface area contributed by atoms with Crippen LogP contribution in [-0.4, -0.2) is 0 Å². The van der Waals surface area contributed by atoms with E-state index < -0.39 is 0 Å². The lowest BCUT2D eigenvalue weighted by Crippen LogP contribution is -2.55. The fourth-order valence-corrected chi connectivity index (χ4v) is 13.1. The molecule has 8 aromatic rings. The van der Waals surface area contributed by atoms with E-state index in [1.807, 2.05) is 11.3 Å². The van der Waals surface area contributed by atoms with Gasteiger partial charge < -0.3 is 4.90 Å². The largest absolute Gasteiger partial charge is 0.309 e. The molecule has 7 aromatic carbocycles. The van der Waals surface area contributed by atoms with Gasteiger partial charge in [-0.15, -0.1) is 11.3 Å². The van der Waals surface area contributed by atoms with Crippen LogP contribution in [0.2, 0.25) is 0 Å². The first kappa shape index (κ1) is 31.0. The maximum absolute atomic E-state index is 2.55. The molecule has 260 valence electrons. The summed E-state index contributed by atoms with van der Waals surface area (Å²) in [5.74, 6) is 3.50. The topological polar surface area (TPSA) is 3.24 Å². The van der Waals surface area contributed by atoms with Gasteiger partial charge in [0.05, 0.1) is 10.4 Å². The molecular weight excluding hydrogens is 671 g/mol. The van der Waals surface area contributed by atoms with Crippen LogP contribution in [0.3, 0.4) is 0 Å². The molecule has 0 radical (unpaired) electrons. The van der Waals surface area contributed by atoms with Crippen molar-refractivity contribution in [1.82, 2.24) is 0 Å². The first-order valence-corrected chi connectivity index (χ1v) is 20.7. The summed E-state index contributed by atoms with van der Waals surface area (Å²) in [6, 6.07) is 61.6. The monoisotopic (exact) mass is 711 g/mol. The van der Waals surface area contributed by atoms with E-state index in [9.17, 15) is 0 Å². The molecule has 5 aliphatic carbocycles. The molecule has 0 aliphatic heterocycles. The summed E-state index contributed by atoms with van der Waals surface area (Å²) in [5, 5.41) is 2.63. The Morgan fingerprint density at radius 1 is 0.444 bits per heavy atom. The number of hydrogen-bond acceptors (Lipinski definition) is 2. The summed E-state index contributed by atoms with van der Waals surface area (Å²) in [5.41, 5.74) is 15.0. The fourth-order valence-electron chi connectivity index (χ4n) is 11.9. The lowest BCUT2D eigenvalue weighted by molar-refractivity contribution is -0.0399. The van der Waals surface area contributed by atoms with E-state index in [1.54, 1.807) is 11.1 Å². The van der Waals surface area contributed by atoms with Crippen LogP contribution in [0.5, 0.6) is 0 Å². The maximum Gasteiger partial charge on any atom is 0.0640 e. The maximum atomic E-state index is 2.55. The van der Waals surface area contributed by atoms with Crippen LogP contribution < -0.4 is 4.90 Å². The number of benzene rings is 7. The molecule has 1 spiro atoms. The van der Waals surface area contributed by atoms with E-state index in [4.69, 9.17) is 0 Å². The predicted octanol–water partition coefficient (Wildman–Crippen LogP) is 14.6. The number of rotatable bonds is 5. The second-order valence-corrected chi connectivity index (χ2v) is 17.6. The third-order valence-electron chi connectivity index (χ3n) is 13.9. The smallest absolute Gasteiger partial charge is 0.0640 e. The van der Waals surface area contributed by atoms with E-state index in [0.717, 1.165) is 35.0 Å². The fraction of sp³-hybridized carbons (Fsp3) is 0.192. The van der Waals surface area contributed by atoms with E-state index in [0.29, 0.717) is 0 Å². The molecular formula is C52H41NS. The van der Waals surface area contributed by atoms with Gasteiger partial charge in [0, 0.05) is 32.3 Å². The van der Waals surface area contributed by atoms with Crippen LogP contribution in [0.15, 0.2) is 164 Å². The molecule has 1 heterocycles. The quantitative estimate of drug-likeness (QED) is 0.172. The third kappa shape index (κ3) is 4.44. The zero-order valence-electron chi connectivity index (χ0n) is 30.3. The first-order chi connectivity index (χ1) is 26.7. The summed E-state index contributed by atoms with van der Waals surface area (Å²) in [6.45, 7) is 0. The Bertz CT molecular complexity index is 2690. The minimum Gasteiger partial charge on any atom is -0.309 e. The van der Waals surface area contributed by atoms with Gasteiger partial charge in [0.1, 0.15) is 0 Å². The highest BCUT2D eigenvalue weighted by atomic mass is 32.1. The van der Waals surface area contributed by atoms with Gasteiger partial charge in [-0.25, -0.2) is 0 Å². The minimum absolute atomic E-state index is 0.214. The SMILES string of the molecule is c1ccc(-c2ccc(N(c3ccc(-c4ccc5c(c4)-c4ccccc4C54C5CC6CC(C5)CC4C6)cc3)c3cccc4c3sc3ccccc34)cc2)cc1. The lowest BCUT2D eigenvalue weighted by atomic mass is 9.43. The van der Waals surface area contributed by atoms with Gasteiger partial charge in [0.25, 0.3) is 0 Å². The molecule has 5 aliphatic rings. The Kier molecular flexibility index (Phi) is 6.75. The molecule has 4 bridgehead atoms. The van der Waals surface area contributed by atoms with Gasteiger partial charge in [0.15, 0.2) is 0 Å². The molecule has 0 amide bonds.